The second-order valence-electron chi connectivity index (χ2n) is 5.73. The Morgan fingerprint density at radius 3 is 2.74 bits per heavy atom. The number of hydrogen-bond acceptors (Lipinski definition) is 2. The fourth-order valence-electron chi connectivity index (χ4n) is 2.94. The van der Waals surface area contributed by atoms with Crippen molar-refractivity contribution in [2.24, 2.45) is 0 Å². The molecule has 2 nitrogen and oxygen atoms in total. The summed E-state index contributed by atoms with van der Waals surface area (Å²) in [6, 6.07) is 12.1. The molecule has 2 heteroatoms. The Morgan fingerprint density at radius 1 is 1.32 bits per heavy atom. The maximum absolute atomic E-state index is 3.63. The van der Waals surface area contributed by atoms with Crippen molar-refractivity contribution in [3.63, 3.8) is 0 Å². The summed E-state index contributed by atoms with van der Waals surface area (Å²) in [5, 5.41) is 3.63. The Balaban J connectivity index is 1.98. The van der Waals surface area contributed by atoms with Gasteiger partial charge in [-0.25, -0.2) is 0 Å². The van der Waals surface area contributed by atoms with Crippen molar-refractivity contribution in [1.82, 2.24) is 10.2 Å². The molecule has 19 heavy (non-hydrogen) atoms. The van der Waals surface area contributed by atoms with Gasteiger partial charge in [-0.2, -0.15) is 0 Å². The molecule has 1 saturated heterocycles. The average molecular weight is 260 g/mol. The van der Waals surface area contributed by atoms with E-state index in [2.05, 4.69) is 54.4 Å². The third kappa shape index (κ3) is 4.32. The van der Waals surface area contributed by atoms with Crippen molar-refractivity contribution in [2.75, 3.05) is 19.6 Å². The number of unbranched alkanes of at least 4 members (excludes halogenated alkanes) is 1. The van der Waals surface area contributed by atoms with Crippen LogP contribution in [0.1, 0.15) is 51.1 Å². The zero-order valence-corrected chi connectivity index (χ0v) is 12.4. The van der Waals surface area contributed by atoms with Crippen molar-refractivity contribution in [2.45, 2.75) is 51.6 Å². The normalized spacial score (nSPS) is 20.9. The third-order valence-electron chi connectivity index (χ3n) is 4.25. The van der Waals surface area contributed by atoms with E-state index in [9.17, 15) is 0 Å². The summed E-state index contributed by atoms with van der Waals surface area (Å²) in [5.41, 5.74) is 1.44. The Labute approximate surface area is 118 Å². The van der Waals surface area contributed by atoms with Gasteiger partial charge in [-0.3, -0.25) is 4.90 Å². The van der Waals surface area contributed by atoms with E-state index in [1.807, 2.05) is 0 Å². The minimum atomic E-state index is 0.523. The van der Waals surface area contributed by atoms with Crippen LogP contribution in [0.3, 0.4) is 0 Å². The highest BCUT2D eigenvalue weighted by Crippen LogP contribution is 2.22. The predicted octanol–water partition coefficient (Wildman–Crippen LogP) is 3.60. The number of hydrogen-bond donors (Lipinski definition) is 1. The number of nitrogens with one attached hydrogen (secondary N) is 1. The quantitative estimate of drug-likeness (QED) is 0.806. The summed E-state index contributed by atoms with van der Waals surface area (Å²) in [7, 11) is 0. The summed E-state index contributed by atoms with van der Waals surface area (Å²) in [5.74, 6) is 0. The molecule has 0 bridgehead atoms. The lowest BCUT2D eigenvalue weighted by Gasteiger charge is -2.31. The van der Waals surface area contributed by atoms with Crippen LogP contribution in [-0.4, -0.2) is 30.6 Å². The van der Waals surface area contributed by atoms with Crippen LogP contribution in [0.2, 0.25) is 0 Å². The zero-order valence-electron chi connectivity index (χ0n) is 12.4. The first-order chi connectivity index (χ1) is 9.31. The molecule has 0 aliphatic carbocycles. The molecule has 2 rings (SSSR count). The van der Waals surface area contributed by atoms with Crippen molar-refractivity contribution >= 4 is 0 Å². The van der Waals surface area contributed by atoms with E-state index in [0.29, 0.717) is 12.1 Å². The molecule has 1 aliphatic rings. The Morgan fingerprint density at radius 2 is 2.11 bits per heavy atom. The van der Waals surface area contributed by atoms with Crippen LogP contribution in [0, 0.1) is 0 Å². The molecule has 0 amide bonds. The molecule has 1 aromatic carbocycles. The molecule has 0 saturated carbocycles. The molecule has 1 fully saturated rings. The van der Waals surface area contributed by atoms with Crippen molar-refractivity contribution in [1.29, 1.82) is 0 Å². The highest BCUT2D eigenvalue weighted by atomic mass is 15.2. The van der Waals surface area contributed by atoms with Gasteiger partial charge in [0.25, 0.3) is 0 Å². The molecule has 1 aliphatic heterocycles. The van der Waals surface area contributed by atoms with Crippen LogP contribution >= 0.6 is 0 Å². The van der Waals surface area contributed by atoms with E-state index in [4.69, 9.17) is 0 Å². The van der Waals surface area contributed by atoms with Gasteiger partial charge in [-0.05, 0) is 44.8 Å². The summed E-state index contributed by atoms with van der Waals surface area (Å²) in [6.07, 6.45) is 5.25. The number of nitrogens with zero attached hydrogens (tertiary/aromatic N) is 1. The van der Waals surface area contributed by atoms with Gasteiger partial charge in [-0.1, -0.05) is 43.7 Å². The maximum Gasteiger partial charge on any atom is 0.0320 e. The highest BCUT2D eigenvalue weighted by molar-refractivity contribution is 5.18. The molecule has 0 radical (unpaired) electrons. The zero-order chi connectivity index (χ0) is 13.5. The van der Waals surface area contributed by atoms with Crippen LogP contribution in [0.25, 0.3) is 0 Å². The maximum atomic E-state index is 3.63. The van der Waals surface area contributed by atoms with Crippen molar-refractivity contribution in [3.05, 3.63) is 35.9 Å². The van der Waals surface area contributed by atoms with E-state index in [1.165, 1.54) is 50.9 Å². The summed E-state index contributed by atoms with van der Waals surface area (Å²) >= 11 is 0. The topological polar surface area (TPSA) is 15.3 Å². The lowest BCUT2D eigenvalue weighted by Crippen LogP contribution is -2.39. The SMILES string of the molecule is CCCCN(CC1CCCN1)C(C)c1ccccc1. The van der Waals surface area contributed by atoms with E-state index in [-0.39, 0.29) is 0 Å². The first-order valence-corrected chi connectivity index (χ1v) is 7.83. The largest absolute Gasteiger partial charge is 0.313 e. The Kier molecular flexibility index (Phi) is 5.87. The molecule has 2 atom stereocenters. The smallest absolute Gasteiger partial charge is 0.0320 e. The Bertz CT molecular complexity index is 344. The standard InChI is InChI=1S/C17H28N2/c1-3-4-13-19(14-17-11-8-12-18-17)15(2)16-9-6-5-7-10-16/h5-7,9-10,15,17-18H,3-4,8,11-14H2,1-2H3. The van der Waals surface area contributed by atoms with Gasteiger partial charge < -0.3 is 5.32 Å². The number of benzene rings is 1. The molecular formula is C17H28N2. The van der Waals surface area contributed by atoms with Gasteiger partial charge in [-0.15, -0.1) is 0 Å². The van der Waals surface area contributed by atoms with Gasteiger partial charge >= 0.3 is 0 Å². The predicted molar refractivity (Wildman–Crippen MR) is 82.4 cm³/mol. The van der Waals surface area contributed by atoms with Crippen LogP contribution < -0.4 is 5.32 Å². The van der Waals surface area contributed by atoms with Crippen LogP contribution in [0.15, 0.2) is 30.3 Å². The molecule has 1 aromatic rings. The second-order valence-corrected chi connectivity index (χ2v) is 5.73. The van der Waals surface area contributed by atoms with Crippen LogP contribution in [0.4, 0.5) is 0 Å². The molecular weight excluding hydrogens is 232 g/mol. The Hall–Kier alpha value is -0.860. The molecule has 0 aromatic heterocycles. The monoisotopic (exact) mass is 260 g/mol. The minimum absolute atomic E-state index is 0.523. The summed E-state index contributed by atoms with van der Waals surface area (Å²) < 4.78 is 0. The van der Waals surface area contributed by atoms with Crippen LogP contribution in [0.5, 0.6) is 0 Å². The van der Waals surface area contributed by atoms with Crippen LogP contribution in [-0.2, 0) is 0 Å². The lowest BCUT2D eigenvalue weighted by molar-refractivity contribution is 0.189. The average Bonchev–Trinajstić information content (AvgIpc) is 2.96. The molecule has 0 spiro atoms. The fourth-order valence-corrected chi connectivity index (χ4v) is 2.94. The molecule has 2 unspecified atom stereocenters. The van der Waals surface area contributed by atoms with Gasteiger partial charge in [0.2, 0.25) is 0 Å². The summed E-state index contributed by atoms with van der Waals surface area (Å²) in [4.78, 5) is 2.65. The highest BCUT2D eigenvalue weighted by Gasteiger charge is 2.21. The van der Waals surface area contributed by atoms with Gasteiger partial charge in [0.05, 0.1) is 0 Å². The van der Waals surface area contributed by atoms with Gasteiger partial charge in [0, 0.05) is 18.6 Å². The minimum Gasteiger partial charge on any atom is -0.313 e. The van der Waals surface area contributed by atoms with E-state index in [0.717, 1.165) is 0 Å². The first-order valence-electron chi connectivity index (χ1n) is 7.83. The van der Waals surface area contributed by atoms with Crippen molar-refractivity contribution < 1.29 is 0 Å². The third-order valence-corrected chi connectivity index (χ3v) is 4.25. The van der Waals surface area contributed by atoms with E-state index >= 15 is 0 Å². The van der Waals surface area contributed by atoms with Gasteiger partial charge in [0.15, 0.2) is 0 Å². The van der Waals surface area contributed by atoms with Crippen molar-refractivity contribution in [3.8, 4) is 0 Å². The van der Waals surface area contributed by atoms with Gasteiger partial charge in [0.1, 0.15) is 0 Å². The lowest BCUT2D eigenvalue weighted by atomic mass is 10.1. The van der Waals surface area contributed by atoms with E-state index < -0.39 is 0 Å². The first kappa shape index (κ1) is 14.5. The number of rotatable bonds is 7. The molecule has 106 valence electrons. The second kappa shape index (κ2) is 7.66. The molecule has 1 heterocycles. The molecule has 1 N–H and O–H groups in total. The van der Waals surface area contributed by atoms with E-state index in [1.54, 1.807) is 0 Å². The summed E-state index contributed by atoms with van der Waals surface area (Å²) in [6.45, 7) is 8.23. The fraction of sp³-hybridized carbons (Fsp3) is 0.647.